The molecule has 4 N–H and O–H groups in total. The summed E-state index contributed by atoms with van der Waals surface area (Å²) in [4.78, 5) is 21.2. The predicted molar refractivity (Wildman–Crippen MR) is 72.8 cm³/mol. The zero-order valence-electron chi connectivity index (χ0n) is 11.5. The van der Waals surface area contributed by atoms with Gasteiger partial charge < -0.3 is 20.4 Å². The molecule has 0 saturated carbocycles. The summed E-state index contributed by atoms with van der Waals surface area (Å²) in [6, 6.07) is 4.17. The maximum absolute atomic E-state index is 10.6. The maximum Gasteiger partial charge on any atom is 0.335 e. The molecule has 1 aromatic carbocycles. The van der Waals surface area contributed by atoms with E-state index >= 15 is 0 Å². The van der Waals surface area contributed by atoms with Crippen LogP contribution in [-0.4, -0.2) is 38.7 Å². The third-order valence-electron chi connectivity index (χ3n) is 2.61. The number of carbonyl (C=O) groups is 2. The van der Waals surface area contributed by atoms with Crippen molar-refractivity contribution in [1.29, 1.82) is 0 Å². The van der Waals surface area contributed by atoms with Crippen molar-refractivity contribution in [2.75, 3.05) is 0 Å². The lowest BCUT2D eigenvalue weighted by Crippen LogP contribution is -2.06. The largest absolute Gasteiger partial charge is 0.478 e. The van der Waals surface area contributed by atoms with Crippen LogP contribution in [0.15, 0.2) is 18.2 Å². The number of benzene rings is 1. The highest BCUT2D eigenvalue weighted by Crippen LogP contribution is 2.13. The maximum atomic E-state index is 10.6. The molecule has 0 aliphatic carbocycles. The van der Waals surface area contributed by atoms with Crippen LogP contribution in [0.4, 0.5) is 0 Å². The zero-order chi connectivity index (χ0) is 15.7. The molecule has 0 atom stereocenters. The van der Waals surface area contributed by atoms with Gasteiger partial charge in [0.05, 0.1) is 11.1 Å². The molecule has 0 saturated heterocycles. The van der Waals surface area contributed by atoms with Crippen molar-refractivity contribution in [3.63, 3.8) is 0 Å². The molecule has 0 fully saturated rings. The Morgan fingerprint density at radius 1 is 1.10 bits per heavy atom. The fraction of sp³-hybridized carbons (Fsp3) is 0.429. The zero-order valence-corrected chi connectivity index (χ0v) is 11.5. The highest BCUT2D eigenvalue weighted by Gasteiger charge is 2.13. The Kier molecular flexibility index (Phi) is 8.19. The fourth-order valence-corrected chi connectivity index (χ4v) is 1.49. The summed E-state index contributed by atoms with van der Waals surface area (Å²) in [5.41, 5.74) is 0.335. The third-order valence-corrected chi connectivity index (χ3v) is 2.61. The van der Waals surface area contributed by atoms with Crippen molar-refractivity contribution in [3.05, 3.63) is 34.9 Å². The summed E-state index contributed by atoms with van der Waals surface area (Å²) in [7, 11) is 0. The van der Waals surface area contributed by atoms with E-state index in [1.807, 2.05) is 6.92 Å². The Bertz CT molecular complexity index is 421. The van der Waals surface area contributed by atoms with E-state index in [2.05, 4.69) is 0 Å². The van der Waals surface area contributed by atoms with Crippen molar-refractivity contribution < 1.29 is 30.0 Å². The third kappa shape index (κ3) is 6.31. The van der Waals surface area contributed by atoms with E-state index in [0.717, 1.165) is 12.8 Å². The van der Waals surface area contributed by atoms with Crippen LogP contribution in [0.3, 0.4) is 0 Å². The highest BCUT2D eigenvalue weighted by atomic mass is 16.5. The molecule has 0 unspecified atom stereocenters. The van der Waals surface area contributed by atoms with E-state index in [9.17, 15) is 9.59 Å². The first-order valence-electron chi connectivity index (χ1n) is 6.23. The lowest BCUT2D eigenvalue weighted by Gasteiger charge is -2.03. The van der Waals surface area contributed by atoms with E-state index in [1.165, 1.54) is 25.1 Å². The van der Waals surface area contributed by atoms with Crippen LogP contribution in [-0.2, 0) is 0 Å². The number of aromatic carboxylic acids is 2. The van der Waals surface area contributed by atoms with Gasteiger partial charge in [-0.2, -0.15) is 0 Å². The normalized spacial score (nSPS) is 9.85. The molecule has 0 heterocycles. The van der Waals surface area contributed by atoms with Crippen LogP contribution in [0.1, 0.15) is 52.5 Å². The number of unbranched alkanes of at least 4 members (excludes halogenated alkanes) is 1. The van der Waals surface area contributed by atoms with Gasteiger partial charge in [-0.3, -0.25) is 0 Å². The lowest BCUT2D eigenvalue weighted by molar-refractivity contribution is -0.0463. The van der Waals surface area contributed by atoms with Gasteiger partial charge in [-0.1, -0.05) is 19.4 Å². The molecule has 0 radical (unpaired) electrons. The summed E-state index contributed by atoms with van der Waals surface area (Å²) in [5, 5.41) is 33.8. The molecular formula is C14H20O6. The van der Waals surface area contributed by atoms with Crippen molar-refractivity contribution in [3.8, 4) is 0 Å². The summed E-state index contributed by atoms with van der Waals surface area (Å²) in [5.74, 6) is -2.22. The summed E-state index contributed by atoms with van der Waals surface area (Å²) in [6.45, 7) is 3.50. The van der Waals surface area contributed by atoms with Gasteiger partial charge in [0.1, 0.15) is 0 Å². The van der Waals surface area contributed by atoms with Gasteiger partial charge in [0.2, 0.25) is 0 Å². The average Bonchev–Trinajstić information content (AvgIpc) is 2.36. The van der Waals surface area contributed by atoms with Crippen molar-refractivity contribution in [2.24, 2.45) is 0 Å². The average molecular weight is 284 g/mol. The van der Waals surface area contributed by atoms with E-state index in [-0.39, 0.29) is 16.7 Å². The van der Waals surface area contributed by atoms with Gasteiger partial charge in [0, 0.05) is 0 Å². The Morgan fingerprint density at radius 3 is 1.80 bits per heavy atom. The molecule has 0 aliphatic rings. The minimum absolute atomic E-state index is 0.0277. The second-order valence-corrected chi connectivity index (χ2v) is 4.21. The van der Waals surface area contributed by atoms with Crippen LogP contribution in [0, 0.1) is 6.92 Å². The van der Waals surface area contributed by atoms with E-state index < -0.39 is 18.2 Å². The SMILES string of the molecule is CCCCC(O)O.Cc1c(C(=O)O)cccc1C(=O)O. The van der Waals surface area contributed by atoms with Gasteiger partial charge in [0.15, 0.2) is 6.29 Å². The Hall–Kier alpha value is -1.92. The Morgan fingerprint density at radius 2 is 1.55 bits per heavy atom. The molecular weight excluding hydrogens is 264 g/mol. The van der Waals surface area contributed by atoms with Crippen LogP contribution in [0.2, 0.25) is 0 Å². The number of carboxylic acids is 2. The quantitative estimate of drug-likeness (QED) is 0.614. The first-order valence-corrected chi connectivity index (χ1v) is 6.23. The number of carboxylic acid groups (broad SMARTS) is 2. The minimum atomic E-state index is -1.11. The molecule has 1 aromatic rings. The minimum Gasteiger partial charge on any atom is -0.478 e. The van der Waals surface area contributed by atoms with Gasteiger partial charge in [-0.15, -0.1) is 0 Å². The first-order chi connectivity index (χ1) is 9.31. The van der Waals surface area contributed by atoms with Crippen molar-refractivity contribution in [2.45, 2.75) is 39.4 Å². The van der Waals surface area contributed by atoms with Crippen LogP contribution >= 0.6 is 0 Å². The Labute approximate surface area is 117 Å². The van der Waals surface area contributed by atoms with Gasteiger partial charge in [-0.05, 0) is 37.5 Å². The predicted octanol–water partition coefficient (Wildman–Crippen LogP) is 1.88. The van der Waals surface area contributed by atoms with Crippen LogP contribution in [0.5, 0.6) is 0 Å². The van der Waals surface area contributed by atoms with Crippen LogP contribution in [0.25, 0.3) is 0 Å². The van der Waals surface area contributed by atoms with Crippen molar-refractivity contribution >= 4 is 11.9 Å². The molecule has 6 heteroatoms. The Balaban J connectivity index is 0.000000441. The first kappa shape index (κ1) is 18.1. The molecule has 1 rings (SSSR count). The van der Waals surface area contributed by atoms with Gasteiger partial charge in [-0.25, -0.2) is 9.59 Å². The molecule has 20 heavy (non-hydrogen) atoms. The number of hydrogen-bond acceptors (Lipinski definition) is 4. The molecule has 112 valence electrons. The number of rotatable bonds is 5. The van der Waals surface area contributed by atoms with Gasteiger partial charge in [0.25, 0.3) is 0 Å². The fourth-order valence-electron chi connectivity index (χ4n) is 1.49. The van der Waals surface area contributed by atoms with E-state index in [0.29, 0.717) is 6.42 Å². The highest BCUT2D eigenvalue weighted by molar-refractivity contribution is 5.96. The monoisotopic (exact) mass is 284 g/mol. The molecule has 0 aliphatic heterocycles. The van der Waals surface area contributed by atoms with E-state index in [1.54, 1.807) is 0 Å². The summed E-state index contributed by atoms with van der Waals surface area (Å²) >= 11 is 0. The molecule has 0 aromatic heterocycles. The standard InChI is InChI=1S/C9H8O4.C5H12O2/c1-5-6(8(10)11)3-2-4-7(5)9(12)13;1-2-3-4-5(6)7/h2-4H,1H3,(H,10,11)(H,12,13);5-7H,2-4H2,1H3. The summed E-state index contributed by atoms with van der Waals surface area (Å²) < 4.78 is 0. The van der Waals surface area contributed by atoms with E-state index in [4.69, 9.17) is 20.4 Å². The lowest BCUT2D eigenvalue weighted by atomic mass is 10.0. The summed E-state index contributed by atoms with van der Waals surface area (Å²) in [6.07, 6.45) is 1.34. The molecule has 0 spiro atoms. The molecule has 6 nitrogen and oxygen atoms in total. The number of hydrogen-bond donors (Lipinski definition) is 4. The molecule has 0 amide bonds. The van der Waals surface area contributed by atoms with Gasteiger partial charge >= 0.3 is 11.9 Å². The van der Waals surface area contributed by atoms with Crippen LogP contribution < -0.4 is 0 Å². The second-order valence-electron chi connectivity index (χ2n) is 4.21. The number of aliphatic hydroxyl groups is 2. The second kappa shape index (κ2) is 9.06. The molecule has 0 bridgehead atoms. The smallest absolute Gasteiger partial charge is 0.335 e. The topological polar surface area (TPSA) is 115 Å². The van der Waals surface area contributed by atoms with Crippen molar-refractivity contribution in [1.82, 2.24) is 0 Å². The number of aliphatic hydroxyl groups excluding tert-OH is 1.